The number of hydrogen-bond donors (Lipinski definition) is 2. The number of benzene rings is 2. The van der Waals surface area contributed by atoms with Crippen molar-refractivity contribution >= 4 is 22.5 Å². The molecule has 0 spiro atoms. The van der Waals surface area contributed by atoms with Gasteiger partial charge in [0.25, 0.3) is 5.91 Å². The van der Waals surface area contributed by atoms with E-state index in [0.717, 1.165) is 25.3 Å². The van der Waals surface area contributed by atoms with Gasteiger partial charge in [0, 0.05) is 28.7 Å². The molecule has 2 saturated carbocycles. The number of carbonyl (C=O) groups excluding carboxylic acids is 1. The van der Waals surface area contributed by atoms with Crippen molar-refractivity contribution in [3.8, 4) is 0 Å². The molecule has 32 heavy (non-hydrogen) atoms. The molecule has 2 aliphatic rings. The van der Waals surface area contributed by atoms with E-state index in [0.29, 0.717) is 22.2 Å². The standard InChI is InChI=1S/C24H21F4N3O/c25-16-7-5-13(6-8-16)23(32)31-20-11-14-9-15(20)10-19(14)29-21-12-22(24(26,27)28)30-18-4-2-1-3-17(18)21/h1-8,12,14-15,19-20H,9-11H2,(H,29,30)(H,31,32). The Balaban J connectivity index is 1.30. The molecule has 1 amide bonds. The van der Waals surface area contributed by atoms with Gasteiger partial charge in [-0.2, -0.15) is 13.2 Å². The summed E-state index contributed by atoms with van der Waals surface area (Å²) in [6, 6.07) is 13.3. The van der Waals surface area contributed by atoms with Gasteiger partial charge in [-0.1, -0.05) is 18.2 Å². The van der Waals surface area contributed by atoms with Crippen molar-refractivity contribution in [3.05, 3.63) is 71.7 Å². The number of carbonyl (C=O) groups is 1. The molecule has 0 aliphatic heterocycles. The third-order valence-corrected chi connectivity index (χ3v) is 6.63. The minimum atomic E-state index is -4.52. The van der Waals surface area contributed by atoms with E-state index in [4.69, 9.17) is 0 Å². The van der Waals surface area contributed by atoms with Gasteiger partial charge in [-0.3, -0.25) is 4.79 Å². The zero-order valence-electron chi connectivity index (χ0n) is 17.0. The van der Waals surface area contributed by atoms with E-state index in [9.17, 15) is 22.4 Å². The van der Waals surface area contributed by atoms with Crippen molar-refractivity contribution in [2.45, 2.75) is 37.5 Å². The van der Waals surface area contributed by atoms with Gasteiger partial charge < -0.3 is 10.6 Å². The second kappa shape index (κ2) is 7.76. The van der Waals surface area contributed by atoms with E-state index in [1.54, 1.807) is 24.3 Å². The van der Waals surface area contributed by atoms with Gasteiger partial charge in [-0.05, 0) is 67.5 Å². The average molecular weight is 443 g/mol. The fourth-order valence-electron chi connectivity index (χ4n) is 5.12. The quantitative estimate of drug-likeness (QED) is 0.531. The Hall–Kier alpha value is -3.16. The third kappa shape index (κ3) is 3.89. The predicted molar refractivity (Wildman–Crippen MR) is 113 cm³/mol. The van der Waals surface area contributed by atoms with Crippen LogP contribution < -0.4 is 10.6 Å². The SMILES string of the molecule is O=C(NC1CC2CC1CC2Nc1cc(C(F)(F)F)nc2ccccc12)c1ccc(F)cc1. The summed E-state index contributed by atoms with van der Waals surface area (Å²) in [7, 11) is 0. The second-order valence-corrected chi connectivity index (χ2v) is 8.63. The average Bonchev–Trinajstić information content (AvgIpc) is 3.33. The van der Waals surface area contributed by atoms with Crippen LogP contribution in [-0.4, -0.2) is 23.0 Å². The maximum Gasteiger partial charge on any atom is 0.433 e. The molecule has 2 N–H and O–H groups in total. The monoisotopic (exact) mass is 443 g/mol. The van der Waals surface area contributed by atoms with Crippen molar-refractivity contribution in [2.24, 2.45) is 11.8 Å². The molecule has 8 heteroatoms. The Kier molecular flexibility index (Phi) is 5.03. The van der Waals surface area contributed by atoms with E-state index < -0.39 is 17.7 Å². The Bertz CT molecular complexity index is 1160. The largest absolute Gasteiger partial charge is 0.433 e. The molecule has 2 bridgehead atoms. The number of rotatable bonds is 4. The van der Waals surface area contributed by atoms with Crippen molar-refractivity contribution < 1.29 is 22.4 Å². The number of halogens is 4. The highest BCUT2D eigenvalue weighted by Crippen LogP contribution is 2.46. The van der Waals surface area contributed by atoms with Crippen molar-refractivity contribution in [1.82, 2.24) is 10.3 Å². The zero-order valence-corrected chi connectivity index (χ0v) is 17.0. The van der Waals surface area contributed by atoms with Crippen LogP contribution in [0.15, 0.2) is 54.6 Å². The fourth-order valence-corrected chi connectivity index (χ4v) is 5.12. The van der Waals surface area contributed by atoms with Crippen molar-refractivity contribution in [1.29, 1.82) is 0 Å². The van der Waals surface area contributed by atoms with Crippen LogP contribution in [0.4, 0.5) is 23.2 Å². The summed E-state index contributed by atoms with van der Waals surface area (Å²) >= 11 is 0. The Morgan fingerprint density at radius 2 is 1.62 bits per heavy atom. The molecule has 4 unspecified atom stereocenters. The van der Waals surface area contributed by atoms with Crippen LogP contribution in [0.5, 0.6) is 0 Å². The minimum absolute atomic E-state index is 0.00974. The van der Waals surface area contributed by atoms with Gasteiger partial charge in [0.1, 0.15) is 11.5 Å². The Labute approximate surface area is 182 Å². The van der Waals surface area contributed by atoms with Crippen molar-refractivity contribution in [2.75, 3.05) is 5.32 Å². The highest BCUT2D eigenvalue weighted by atomic mass is 19.4. The highest BCUT2D eigenvalue weighted by Gasteiger charge is 2.46. The zero-order chi connectivity index (χ0) is 22.5. The Morgan fingerprint density at radius 1 is 0.938 bits per heavy atom. The van der Waals surface area contributed by atoms with E-state index in [1.807, 2.05) is 0 Å². The van der Waals surface area contributed by atoms with E-state index in [-0.39, 0.29) is 29.8 Å². The van der Waals surface area contributed by atoms with Crippen LogP contribution in [0.3, 0.4) is 0 Å². The number of pyridine rings is 1. The molecule has 5 rings (SSSR count). The van der Waals surface area contributed by atoms with Crippen LogP contribution in [-0.2, 0) is 6.18 Å². The smallest absolute Gasteiger partial charge is 0.381 e. The lowest BCUT2D eigenvalue weighted by atomic mass is 9.90. The summed E-state index contributed by atoms with van der Waals surface area (Å²) in [5.41, 5.74) is 0.239. The normalized spacial score (nSPS) is 24.6. The molecule has 1 heterocycles. The summed E-state index contributed by atoms with van der Waals surface area (Å²) < 4.78 is 53.1. The number of anilines is 1. The number of nitrogens with zero attached hydrogens (tertiary/aromatic N) is 1. The molecule has 0 saturated heterocycles. The summed E-state index contributed by atoms with van der Waals surface area (Å²) in [4.78, 5) is 16.2. The second-order valence-electron chi connectivity index (χ2n) is 8.63. The first kappa shape index (κ1) is 20.7. The van der Waals surface area contributed by atoms with Crippen LogP contribution in [0.2, 0.25) is 0 Å². The number of nitrogens with one attached hydrogen (secondary N) is 2. The maximum absolute atomic E-state index is 13.3. The number of aromatic nitrogens is 1. The van der Waals surface area contributed by atoms with Gasteiger partial charge in [0.15, 0.2) is 0 Å². The first-order valence-electron chi connectivity index (χ1n) is 10.6. The van der Waals surface area contributed by atoms with Gasteiger partial charge >= 0.3 is 6.18 Å². The van der Waals surface area contributed by atoms with Crippen LogP contribution in [0, 0.1) is 17.7 Å². The van der Waals surface area contributed by atoms with Crippen LogP contribution in [0.1, 0.15) is 35.3 Å². The van der Waals surface area contributed by atoms with E-state index >= 15 is 0 Å². The van der Waals surface area contributed by atoms with Gasteiger partial charge in [-0.15, -0.1) is 0 Å². The number of alkyl halides is 3. The molecule has 4 nitrogen and oxygen atoms in total. The van der Waals surface area contributed by atoms with Crippen LogP contribution in [0.25, 0.3) is 10.9 Å². The number of hydrogen-bond acceptors (Lipinski definition) is 3. The van der Waals surface area contributed by atoms with Gasteiger partial charge in [-0.25, -0.2) is 9.37 Å². The molecule has 3 aromatic rings. The molecule has 0 radical (unpaired) electrons. The predicted octanol–water partition coefficient (Wildman–Crippen LogP) is 5.40. The lowest BCUT2D eigenvalue weighted by Crippen LogP contribution is -2.42. The summed E-state index contributed by atoms with van der Waals surface area (Å²) in [6.45, 7) is 0. The lowest BCUT2D eigenvalue weighted by Gasteiger charge is -2.30. The Morgan fingerprint density at radius 3 is 2.31 bits per heavy atom. The minimum Gasteiger partial charge on any atom is -0.381 e. The molecular formula is C24H21F4N3O. The number of amides is 1. The molecule has 2 aromatic carbocycles. The van der Waals surface area contributed by atoms with E-state index in [2.05, 4.69) is 15.6 Å². The number of para-hydroxylation sites is 1. The fraction of sp³-hybridized carbons (Fsp3) is 0.333. The molecule has 166 valence electrons. The first-order valence-corrected chi connectivity index (χ1v) is 10.6. The highest BCUT2D eigenvalue weighted by molar-refractivity contribution is 5.94. The maximum atomic E-state index is 13.3. The first-order chi connectivity index (χ1) is 15.3. The summed E-state index contributed by atoms with van der Waals surface area (Å²) in [5.74, 6) is -0.133. The molecular weight excluding hydrogens is 422 g/mol. The van der Waals surface area contributed by atoms with Gasteiger partial charge in [0.2, 0.25) is 0 Å². The molecule has 2 aliphatic carbocycles. The lowest BCUT2D eigenvalue weighted by molar-refractivity contribution is -0.140. The van der Waals surface area contributed by atoms with E-state index in [1.165, 1.54) is 24.3 Å². The van der Waals surface area contributed by atoms with Crippen LogP contribution >= 0.6 is 0 Å². The van der Waals surface area contributed by atoms with Gasteiger partial charge in [0.05, 0.1) is 5.52 Å². The molecule has 4 atom stereocenters. The number of fused-ring (bicyclic) bond motifs is 3. The summed E-state index contributed by atoms with van der Waals surface area (Å²) in [6.07, 6.45) is -2.10. The topological polar surface area (TPSA) is 54.0 Å². The molecule has 2 fully saturated rings. The van der Waals surface area contributed by atoms with Crippen molar-refractivity contribution in [3.63, 3.8) is 0 Å². The summed E-state index contributed by atoms with van der Waals surface area (Å²) in [5, 5.41) is 7.04. The molecule has 1 aromatic heterocycles. The third-order valence-electron chi connectivity index (χ3n) is 6.63.